The number of nitriles is 1. The van der Waals surface area contributed by atoms with Gasteiger partial charge in [0.15, 0.2) is 0 Å². The Balaban J connectivity index is 1.36. The molecular formula is C31H30F3N7O. The van der Waals surface area contributed by atoms with Crippen molar-refractivity contribution in [1.82, 2.24) is 30.0 Å². The van der Waals surface area contributed by atoms with E-state index in [-0.39, 0.29) is 29.6 Å². The first kappa shape index (κ1) is 27.9. The van der Waals surface area contributed by atoms with E-state index in [1.807, 2.05) is 12.1 Å². The summed E-state index contributed by atoms with van der Waals surface area (Å²) in [5.41, 5.74) is 3.34. The van der Waals surface area contributed by atoms with Crippen LogP contribution in [-0.4, -0.2) is 68.8 Å². The lowest BCUT2D eigenvalue weighted by Gasteiger charge is -2.47. The van der Waals surface area contributed by atoms with Gasteiger partial charge in [0.05, 0.1) is 24.8 Å². The van der Waals surface area contributed by atoms with E-state index in [4.69, 9.17) is 4.74 Å². The lowest BCUT2D eigenvalue weighted by molar-refractivity contribution is -0.146. The molecule has 2 aliphatic heterocycles. The summed E-state index contributed by atoms with van der Waals surface area (Å²) in [7, 11) is 1.55. The fourth-order valence-electron chi connectivity index (χ4n) is 6.55. The number of nitrogens with zero attached hydrogens (tertiary/aromatic N) is 7. The number of ether oxygens (including phenoxy) is 1. The van der Waals surface area contributed by atoms with Crippen molar-refractivity contribution in [2.24, 2.45) is 5.92 Å². The van der Waals surface area contributed by atoms with Gasteiger partial charge in [-0.25, -0.2) is 0 Å². The molecule has 6 rings (SSSR count). The van der Waals surface area contributed by atoms with Gasteiger partial charge in [-0.2, -0.15) is 23.1 Å². The Morgan fingerprint density at radius 2 is 1.67 bits per heavy atom. The highest BCUT2D eigenvalue weighted by atomic mass is 19.4. The third-order valence-corrected chi connectivity index (χ3v) is 8.31. The van der Waals surface area contributed by atoms with Crippen molar-refractivity contribution in [3.05, 3.63) is 101 Å². The predicted octanol–water partition coefficient (Wildman–Crippen LogP) is 4.92. The minimum absolute atomic E-state index is 0.0527. The minimum atomic E-state index is -4.70. The molecule has 11 heteroatoms. The summed E-state index contributed by atoms with van der Waals surface area (Å²) in [6.45, 7) is 2.61. The standard InChI is InChI=1S/C31H30F3N7O/c1-42-28-13-12-25(41-30(31(32,33)34)36-37-38-41)15-24(28)18-39-19-26-14-21(16-35)17-40(26)27(20-39)29(22-8-4-2-5-9-22)23-10-6-3-7-11-23/h2-13,15,21,26-27,29H,14,17-20H2,1H3/t21-,26+,27+/m1/s1. The van der Waals surface area contributed by atoms with Crippen LogP contribution in [0.25, 0.3) is 5.69 Å². The molecule has 0 spiro atoms. The number of benzene rings is 3. The van der Waals surface area contributed by atoms with Crippen LogP contribution in [0, 0.1) is 17.2 Å². The molecular weight excluding hydrogens is 543 g/mol. The van der Waals surface area contributed by atoms with E-state index in [0.717, 1.165) is 18.5 Å². The van der Waals surface area contributed by atoms with Crippen molar-refractivity contribution in [3.8, 4) is 17.5 Å². The van der Waals surface area contributed by atoms with Crippen LogP contribution in [-0.2, 0) is 12.7 Å². The Morgan fingerprint density at radius 1 is 0.976 bits per heavy atom. The number of halogens is 3. The second kappa shape index (κ2) is 11.5. The SMILES string of the molecule is COc1ccc(-n2nnnc2C(F)(F)F)cc1CN1C[C@@H]2C[C@H](C#N)CN2[C@H](C(c2ccccc2)c2ccccc2)C1. The lowest BCUT2D eigenvalue weighted by atomic mass is 9.82. The molecule has 1 aromatic heterocycles. The Labute approximate surface area is 241 Å². The number of piperazine rings is 1. The number of rotatable bonds is 7. The summed E-state index contributed by atoms with van der Waals surface area (Å²) in [4.78, 5) is 4.83. The molecule has 0 bridgehead atoms. The summed E-state index contributed by atoms with van der Waals surface area (Å²) in [6, 6.07) is 28.4. The van der Waals surface area contributed by atoms with Crippen molar-refractivity contribution in [3.63, 3.8) is 0 Å². The fourth-order valence-corrected chi connectivity index (χ4v) is 6.55. The molecule has 3 atom stereocenters. The maximum Gasteiger partial charge on any atom is 0.453 e. The van der Waals surface area contributed by atoms with Crippen LogP contribution in [0.1, 0.15) is 34.9 Å². The van der Waals surface area contributed by atoms with E-state index in [9.17, 15) is 18.4 Å². The normalized spacial score (nSPS) is 21.3. The van der Waals surface area contributed by atoms with Crippen molar-refractivity contribution < 1.29 is 17.9 Å². The first-order valence-corrected chi connectivity index (χ1v) is 13.9. The third kappa shape index (κ3) is 5.47. The van der Waals surface area contributed by atoms with Gasteiger partial charge in [-0.1, -0.05) is 60.7 Å². The Hall–Kier alpha value is -4.27. The van der Waals surface area contributed by atoms with E-state index < -0.39 is 12.0 Å². The van der Waals surface area contributed by atoms with Crippen molar-refractivity contribution >= 4 is 0 Å². The molecule has 0 N–H and O–H groups in total. The fraction of sp³-hybridized carbons (Fsp3) is 0.355. The van der Waals surface area contributed by atoms with Crippen LogP contribution in [0.3, 0.4) is 0 Å². The average Bonchev–Trinajstić information content (AvgIpc) is 3.66. The maximum atomic E-state index is 13.5. The molecule has 8 nitrogen and oxygen atoms in total. The first-order chi connectivity index (χ1) is 20.4. The van der Waals surface area contributed by atoms with Crippen LogP contribution in [0.2, 0.25) is 0 Å². The second-order valence-corrected chi connectivity index (χ2v) is 10.9. The highest BCUT2D eigenvalue weighted by molar-refractivity contribution is 5.44. The van der Waals surface area contributed by atoms with Gasteiger partial charge in [-0.15, -0.1) is 5.10 Å². The molecule has 0 aliphatic carbocycles. The molecule has 2 aliphatic rings. The monoisotopic (exact) mass is 573 g/mol. The number of alkyl halides is 3. The van der Waals surface area contributed by atoms with Gasteiger partial charge < -0.3 is 4.74 Å². The summed E-state index contributed by atoms with van der Waals surface area (Å²) < 4.78 is 47.0. The van der Waals surface area contributed by atoms with Crippen LogP contribution in [0.5, 0.6) is 5.75 Å². The van der Waals surface area contributed by atoms with Gasteiger partial charge in [-0.3, -0.25) is 9.80 Å². The zero-order chi connectivity index (χ0) is 29.3. The zero-order valence-electron chi connectivity index (χ0n) is 23.0. The van der Waals surface area contributed by atoms with Crippen LogP contribution in [0.15, 0.2) is 78.9 Å². The molecule has 2 fully saturated rings. The predicted molar refractivity (Wildman–Crippen MR) is 149 cm³/mol. The van der Waals surface area contributed by atoms with E-state index in [1.165, 1.54) is 17.2 Å². The van der Waals surface area contributed by atoms with Crippen molar-refractivity contribution in [2.45, 2.75) is 37.1 Å². The van der Waals surface area contributed by atoms with Gasteiger partial charge >= 0.3 is 6.18 Å². The number of tetrazole rings is 1. The second-order valence-electron chi connectivity index (χ2n) is 10.9. The van der Waals surface area contributed by atoms with E-state index in [1.54, 1.807) is 19.2 Å². The molecule has 42 heavy (non-hydrogen) atoms. The Bertz CT molecular complexity index is 1510. The van der Waals surface area contributed by atoms with Gasteiger partial charge in [0.25, 0.3) is 5.82 Å². The van der Waals surface area contributed by atoms with Crippen LogP contribution >= 0.6 is 0 Å². The highest BCUT2D eigenvalue weighted by Crippen LogP contribution is 2.40. The molecule has 4 aromatic rings. The average molecular weight is 574 g/mol. The number of hydrogen-bond acceptors (Lipinski definition) is 7. The Kier molecular flexibility index (Phi) is 7.66. The Morgan fingerprint density at radius 3 is 2.29 bits per heavy atom. The summed E-state index contributed by atoms with van der Waals surface area (Å²) in [5.74, 6) is -0.597. The molecule has 3 aromatic carbocycles. The number of methoxy groups -OCH3 is 1. The van der Waals surface area contributed by atoms with Gasteiger partial charge in [-0.05, 0) is 46.2 Å². The first-order valence-electron chi connectivity index (χ1n) is 13.9. The van der Waals surface area contributed by atoms with Crippen LogP contribution in [0.4, 0.5) is 13.2 Å². The smallest absolute Gasteiger partial charge is 0.453 e. The largest absolute Gasteiger partial charge is 0.496 e. The summed E-state index contributed by atoms with van der Waals surface area (Å²) >= 11 is 0. The zero-order valence-corrected chi connectivity index (χ0v) is 23.0. The van der Waals surface area contributed by atoms with Gasteiger partial charge in [0, 0.05) is 49.7 Å². The third-order valence-electron chi connectivity index (χ3n) is 8.31. The summed E-state index contributed by atoms with van der Waals surface area (Å²) in [6.07, 6.45) is -3.92. The molecule has 0 radical (unpaired) electrons. The minimum Gasteiger partial charge on any atom is -0.496 e. The topological polar surface area (TPSA) is 83.1 Å². The quantitative estimate of drug-likeness (QED) is 0.310. The van der Waals surface area contributed by atoms with Crippen molar-refractivity contribution in [1.29, 1.82) is 5.26 Å². The molecule has 3 heterocycles. The van der Waals surface area contributed by atoms with Crippen molar-refractivity contribution in [2.75, 3.05) is 26.7 Å². The summed E-state index contributed by atoms with van der Waals surface area (Å²) in [5, 5.41) is 19.9. The number of hydrogen-bond donors (Lipinski definition) is 0. The van der Waals surface area contributed by atoms with E-state index in [2.05, 4.69) is 79.9 Å². The highest BCUT2D eigenvalue weighted by Gasteiger charge is 2.45. The molecule has 0 amide bonds. The molecule has 2 saturated heterocycles. The molecule has 216 valence electrons. The van der Waals surface area contributed by atoms with Gasteiger partial charge in [0.2, 0.25) is 0 Å². The number of fused-ring (bicyclic) bond motifs is 1. The molecule has 0 unspecified atom stereocenters. The number of aromatic nitrogens is 4. The van der Waals surface area contributed by atoms with E-state index >= 15 is 0 Å². The van der Waals surface area contributed by atoms with Crippen LogP contribution < -0.4 is 4.74 Å². The maximum absolute atomic E-state index is 13.5. The van der Waals surface area contributed by atoms with Gasteiger partial charge in [0.1, 0.15) is 5.75 Å². The van der Waals surface area contributed by atoms with E-state index in [0.29, 0.717) is 30.1 Å². The lowest BCUT2D eigenvalue weighted by Crippen LogP contribution is -2.57. The molecule has 0 saturated carbocycles.